The molecule has 0 bridgehead atoms. The maximum atomic E-state index is 10.4. The van der Waals surface area contributed by atoms with Crippen molar-refractivity contribution < 1.29 is 19.4 Å². The first kappa shape index (κ1) is 12.4. The molecular weight excluding hydrogens is 208 g/mol. The molecule has 0 amide bonds. The molecule has 0 heterocycles. The molecule has 1 rings (SSSR count). The summed E-state index contributed by atoms with van der Waals surface area (Å²) in [5, 5.41) is 8.52. The molecule has 0 aliphatic rings. The molecule has 88 valence electrons. The van der Waals surface area contributed by atoms with Crippen LogP contribution < -0.4 is 9.47 Å². The van der Waals surface area contributed by atoms with Gasteiger partial charge in [0.25, 0.3) is 0 Å². The molecule has 1 aromatic rings. The fraction of sp³-hybridized carbons (Fsp3) is 0.417. The van der Waals surface area contributed by atoms with Gasteiger partial charge in [-0.05, 0) is 25.0 Å². The molecule has 0 unspecified atom stereocenters. The van der Waals surface area contributed by atoms with Gasteiger partial charge < -0.3 is 14.6 Å². The van der Waals surface area contributed by atoms with E-state index in [4.69, 9.17) is 14.6 Å². The van der Waals surface area contributed by atoms with Crippen LogP contribution in [0.3, 0.4) is 0 Å². The average Bonchev–Trinajstić information content (AvgIpc) is 2.26. The van der Waals surface area contributed by atoms with Crippen LogP contribution in [-0.2, 0) is 4.79 Å². The number of aliphatic carboxylic acids is 1. The van der Waals surface area contributed by atoms with E-state index < -0.39 is 5.97 Å². The summed E-state index contributed by atoms with van der Waals surface area (Å²) in [6.07, 6.45) is 0.930. The third kappa shape index (κ3) is 3.81. The van der Waals surface area contributed by atoms with Crippen LogP contribution in [0.5, 0.6) is 11.5 Å². The maximum absolute atomic E-state index is 10.4. The van der Waals surface area contributed by atoms with E-state index in [1.165, 1.54) is 0 Å². The zero-order valence-electron chi connectivity index (χ0n) is 9.53. The number of carbonyl (C=O) groups is 1. The molecular formula is C12H16O4. The molecule has 4 heteroatoms. The van der Waals surface area contributed by atoms with Crippen molar-refractivity contribution in [1.29, 1.82) is 0 Å². The first-order valence-electron chi connectivity index (χ1n) is 5.21. The van der Waals surface area contributed by atoms with E-state index in [1.54, 1.807) is 6.07 Å². The summed E-state index contributed by atoms with van der Waals surface area (Å²) in [4.78, 5) is 10.4. The van der Waals surface area contributed by atoms with Crippen LogP contribution in [-0.4, -0.2) is 24.3 Å². The topological polar surface area (TPSA) is 55.8 Å². The second-order valence-corrected chi connectivity index (χ2v) is 3.46. The molecule has 0 aliphatic carbocycles. The Bertz CT molecular complexity index is 360. The van der Waals surface area contributed by atoms with Gasteiger partial charge in [0.1, 0.15) is 11.5 Å². The molecule has 0 aliphatic heterocycles. The molecule has 4 nitrogen and oxygen atoms in total. The van der Waals surface area contributed by atoms with Gasteiger partial charge >= 0.3 is 5.97 Å². The minimum Gasteiger partial charge on any atom is -0.493 e. The van der Waals surface area contributed by atoms with Crippen LogP contribution in [0.1, 0.15) is 18.9 Å². The fourth-order valence-corrected chi connectivity index (χ4v) is 1.19. The third-order valence-corrected chi connectivity index (χ3v) is 1.98. The maximum Gasteiger partial charge on any atom is 0.341 e. The minimum atomic E-state index is -0.987. The molecule has 1 aromatic carbocycles. The van der Waals surface area contributed by atoms with Crippen LogP contribution in [0.25, 0.3) is 0 Å². The number of rotatable bonds is 6. The van der Waals surface area contributed by atoms with Gasteiger partial charge in [-0.3, -0.25) is 0 Å². The SMILES string of the molecule is CCCOc1ccc(C)c(OCC(=O)O)c1. The lowest BCUT2D eigenvalue weighted by Gasteiger charge is -2.10. The summed E-state index contributed by atoms with van der Waals surface area (Å²) in [5.41, 5.74) is 0.894. The Morgan fingerprint density at radius 1 is 1.38 bits per heavy atom. The molecule has 16 heavy (non-hydrogen) atoms. The Morgan fingerprint density at radius 2 is 2.12 bits per heavy atom. The fourth-order valence-electron chi connectivity index (χ4n) is 1.19. The van der Waals surface area contributed by atoms with Gasteiger partial charge in [-0.1, -0.05) is 13.0 Å². The minimum absolute atomic E-state index is 0.335. The predicted octanol–water partition coefficient (Wildman–Crippen LogP) is 2.25. The summed E-state index contributed by atoms with van der Waals surface area (Å²) in [6.45, 7) is 4.19. The lowest BCUT2D eigenvalue weighted by Crippen LogP contribution is -2.10. The highest BCUT2D eigenvalue weighted by molar-refractivity contribution is 5.68. The smallest absolute Gasteiger partial charge is 0.341 e. The Labute approximate surface area is 94.8 Å². The standard InChI is InChI=1S/C12H16O4/c1-3-6-15-10-5-4-9(2)11(7-10)16-8-12(13)14/h4-5,7H,3,6,8H2,1-2H3,(H,13,14). The van der Waals surface area contributed by atoms with Crippen molar-refractivity contribution >= 4 is 5.97 Å². The van der Waals surface area contributed by atoms with Crippen molar-refractivity contribution in [2.24, 2.45) is 0 Å². The van der Waals surface area contributed by atoms with Crippen LogP contribution in [0.2, 0.25) is 0 Å². The van der Waals surface area contributed by atoms with Gasteiger partial charge in [0.05, 0.1) is 6.61 Å². The number of carboxylic acid groups (broad SMARTS) is 1. The van der Waals surface area contributed by atoms with Crippen molar-refractivity contribution in [3.63, 3.8) is 0 Å². The largest absolute Gasteiger partial charge is 0.493 e. The molecule has 0 saturated carbocycles. The summed E-state index contributed by atoms with van der Waals surface area (Å²) in [5.74, 6) is 0.267. The van der Waals surface area contributed by atoms with Crippen LogP contribution in [0, 0.1) is 6.92 Å². The van der Waals surface area contributed by atoms with Crippen LogP contribution >= 0.6 is 0 Å². The van der Waals surface area contributed by atoms with Crippen molar-refractivity contribution in [3.05, 3.63) is 23.8 Å². The molecule has 0 atom stereocenters. The quantitative estimate of drug-likeness (QED) is 0.805. The second kappa shape index (κ2) is 6.00. The summed E-state index contributed by atoms with van der Waals surface area (Å²) >= 11 is 0. The van der Waals surface area contributed by atoms with Crippen molar-refractivity contribution in [1.82, 2.24) is 0 Å². The Kier molecular flexibility index (Phi) is 4.64. The average molecular weight is 224 g/mol. The number of hydrogen-bond donors (Lipinski definition) is 1. The molecule has 0 fully saturated rings. The third-order valence-electron chi connectivity index (χ3n) is 1.98. The zero-order valence-corrected chi connectivity index (χ0v) is 9.53. The zero-order chi connectivity index (χ0) is 12.0. The van der Waals surface area contributed by atoms with Crippen LogP contribution in [0.15, 0.2) is 18.2 Å². The Hall–Kier alpha value is -1.71. The van der Waals surface area contributed by atoms with E-state index in [9.17, 15) is 4.79 Å². The van der Waals surface area contributed by atoms with Gasteiger partial charge in [-0.25, -0.2) is 4.79 Å². The van der Waals surface area contributed by atoms with Crippen LogP contribution in [0.4, 0.5) is 0 Å². The molecule has 0 saturated heterocycles. The summed E-state index contributed by atoms with van der Waals surface area (Å²) < 4.78 is 10.6. The van der Waals surface area contributed by atoms with E-state index in [1.807, 2.05) is 26.0 Å². The van der Waals surface area contributed by atoms with Gasteiger partial charge in [-0.15, -0.1) is 0 Å². The van der Waals surface area contributed by atoms with Crippen molar-refractivity contribution in [2.75, 3.05) is 13.2 Å². The van der Waals surface area contributed by atoms with E-state index in [0.717, 1.165) is 12.0 Å². The first-order valence-corrected chi connectivity index (χ1v) is 5.21. The summed E-state index contributed by atoms with van der Waals surface area (Å²) in [7, 11) is 0. The summed E-state index contributed by atoms with van der Waals surface area (Å²) in [6, 6.07) is 5.41. The highest BCUT2D eigenvalue weighted by atomic mass is 16.5. The molecule has 0 radical (unpaired) electrons. The lowest BCUT2D eigenvalue weighted by molar-refractivity contribution is -0.139. The Morgan fingerprint density at radius 3 is 2.75 bits per heavy atom. The lowest BCUT2D eigenvalue weighted by atomic mass is 10.2. The molecule has 1 N–H and O–H groups in total. The number of benzene rings is 1. The molecule has 0 aromatic heterocycles. The molecule has 0 spiro atoms. The normalized spacial score (nSPS) is 9.88. The van der Waals surface area contributed by atoms with Gasteiger partial charge in [0.15, 0.2) is 6.61 Å². The van der Waals surface area contributed by atoms with Gasteiger partial charge in [-0.2, -0.15) is 0 Å². The Balaban J connectivity index is 2.69. The van der Waals surface area contributed by atoms with E-state index in [2.05, 4.69) is 0 Å². The van der Waals surface area contributed by atoms with E-state index in [-0.39, 0.29) is 6.61 Å². The predicted molar refractivity (Wildman–Crippen MR) is 60.1 cm³/mol. The number of aryl methyl sites for hydroxylation is 1. The highest BCUT2D eigenvalue weighted by Crippen LogP contribution is 2.24. The van der Waals surface area contributed by atoms with Gasteiger partial charge in [0.2, 0.25) is 0 Å². The second-order valence-electron chi connectivity index (χ2n) is 3.46. The monoisotopic (exact) mass is 224 g/mol. The van der Waals surface area contributed by atoms with E-state index >= 15 is 0 Å². The van der Waals surface area contributed by atoms with Crippen molar-refractivity contribution in [3.8, 4) is 11.5 Å². The number of carboxylic acids is 1. The number of hydrogen-bond acceptors (Lipinski definition) is 3. The first-order chi connectivity index (χ1) is 7.63. The highest BCUT2D eigenvalue weighted by Gasteiger charge is 2.04. The van der Waals surface area contributed by atoms with Gasteiger partial charge in [0, 0.05) is 6.07 Å². The van der Waals surface area contributed by atoms with Crippen molar-refractivity contribution in [2.45, 2.75) is 20.3 Å². The van der Waals surface area contributed by atoms with E-state index in [0.29, 0.717) is 18.1 Å². The number of ether oxygens (including phenoxy) is 2.